The molecule has 1 aromatic heterocycles. The number of nitrogens with zero attached hydrogens (tertiary/aromatic N) is 4. The second-order valence-corrected chi connectivity index (χ2v) is 6.40. The number of ether oxygens (including phenoxy) is 1. The van der Waals surface area contributed by atoms with Gasteiger partial charge in [-0.05, 0) is 19.9 Å². The fourth-order valence-corrected chi connectivity index (χ4v) is 2.84. The fourth-order valence-electron chi connectivity index (χ4n) is 2.84. The molecule has 0 aliphatic heterocycles. The van der Waals surface area contributed by atoms with Crippen LogP contribution in [-0.2, 0) is 9.53 Å². The van der Waals surface area contributed by atoms with Crippen LogP contribution in [-0.4, -0.2) is 39.4 Å². The maximum absolute atomic E-state index is 12.4. The van der Waals surface area contributed by atoms with Gasteiger partial charge in [-0.3, -0.25) is 0 Å². The Balaban J connectivity index is 2.02. The van der Waals surface area contributed by atoms with Crippen molar-refractivity contribution in [2.45, 2.75) is 13.8 Å². The van der Waals surface area contributed by atoms with Gasteiger partial charge in [0.25, 0.3) is 5.95 Å². The first-order valence-corrected chi connectivity index (χ1v) is 9.48. The minimum absolute atomic E-state index is 0.0888. The summed E-state index contributed by atoms with van der Waals surface area (Å²) < 4.78 is 5.01. The van der Waals surface area contributed by atoms with Gasteiger partial charge in [0, 0.05) is 10.9 Å². The molecule has 9 heteroatoms. The summed E-state index contributed by atoms with van der Waals surface area (Å²) in [5.74, 6) is -1.76. The number of benzene rings is 2. The summed E-state index contributed by atoms with van der Waals surface area (Å²) in [7, 11) is 0. The van der Waals surface area contributed by atoms with Crippen molar-refractivity contribution >= 4 is 40.4 Å². The van der Waals surface area contributed by atoms with Crippen molar-refractivity contribution < 1.29 is 14.6 Å². The van der Waals surface area contributed by atoms with Crippen LogP contribution in [0.2, 0.25) is 0 Å². The minimum Gasteiger partial charge on any atom is -0.506 e. The lowest BCUT2D eigenvalue weighted by Crippen LogP contribution is -2.27. The highest BCUT2D eigenvalue weighted by molar-refractivity contribution is 6.24. The minimum atomic E-state index is -0.837. The molecule has 31 heavy (non-hydrogen) atoms. The number of carbonyl (C=O) groups excluding carboxylic acids is 1. The van der Waals surface area contributed by atoms with Gasteiger partial charge in [-0.25, -0.2) is 14.8 Å². The highest BCUT2D eigenvalue weighted by Gasteiger charge is 2.22. The molecule has 0 saturated carbocycles. The molecule has 3 rings (SSSR count). The Labute approximate surface area is 178 Å². The number of esters is 1. The van der Waals surface area contributed by atoms with E-state index in [2.05, 4.69) is 20.0 Å². The molecule has 5 N–H and O–H groups in total. The number of aliphatic imine (C=N–C) groups is 2. The number of guanidine groups is 1. The Morgan fingerprint density at radius 1 is 1.06 bits per heavy atom. The van der Waals surface area contributed by atoms with Gasteiger partial charge in [0.05, 0.1) is 17.8 Å². The van der Waals surface area contributed by atoms with E-state index in [0.29, 0.717) is 11.1 Å². The van der Waals surface area contributed by atoms with E-state index in [-0.39, 0.29) is 35.7 Å². The lowest BCUT2D eigenvalue weighted by molar-refractivity contribution is -0.137. The molecule has 0 atom stereocenters. The van der Waals surface area contributed by atoms with Crippen molar-refractivity contribution in [2.24, 2.45) is 21.5 Å². The molecule has 1 heterocycles. The van der Waals surface area contributed by atoms with Crippen LogP contribution in [0.4, 0.5) is 5.95 Å². The molecule has 0 fully saturated rings. The zero-order chi connectivity index (χ0) is 22.4. The van der Waals surface area contributed by atoms with Crippen molar-refractivity contribution in [3.8, 4) is 0 Å². The number of hydrogen-bond donors (Lipinski definition) is 3. The molecular formula is C22H22N6O3. The zero-order valence-corrected chi connectivity index (χ0v) is 17.1. The SMILES string of the molecule is CCOC(=O)C(C(N)=NC(N)=Nc1nc(C)c2ccccc2n1)=C(O)c1ccccc1. The molecule has 0 aliphatic carbocycles. The number of aliphatic hydroxyl groups is 1. The fraction of sp³-hybridized carbons (Fsp3) is 0.136. The summed E-state index contributed by atoms with van der Waals surface area (Å²) in [5, 5.41) is 11.5. The smallest absolute Gasteiger partial charge is 0.345 e. The van der Waals surface area contributed by atoms with Crippen LogP contribution in [0, 0.1) is 6.92 Å². The van der Waals surface area contributed by atoms with E-state index in [1.807, 2.05) is 31.2 Å². The first kappa shape index (κ1) is 21.4. The lowest BCUT2D eigenvalue weighted by Gasteiger charge is -2.10. The summed E-state index contributed by atoms with van der Waals surface area (Å²) in [6.45, 7) is 3.56. The normalized spacial score (nSPS) is 13.1. The van der Waals surface area contributed by atoms with E-state index in [4.69, 9.17) is 16.2 Å². The van der Waals surface area contributed by atoms with Crippen molar-refractivity contribution in [3.63, 3.8) is 0 Å². The third-order valence-corrected chi connectivity index (χ3v) is 4.25. The highest BCUT2D eigenvalue weighted by Crippen LogP contribution is 2.19. The zero-order valence-electron chi connectivity index (χ0n) is 17.1. The highest BCUT2D eigenvalue weighted by atomic mass is 16.5. The van der Waals surface area contributed by atoms with Gasteiger partial charge in [0.1, 0.15) is 17.2 Å². The first-order chi connectivity index (χ1) is 14.9. The van der Waals surface area contributed by atoms with Gasteiger partial charge < -0.3 is 21.3 Å². The molecule has 0 saturated heterocycles. The Hall–Kier alpha value is -4.27. The van der Waals surface area contributed by atoms with Gasteiger partial charge in [-0.2, -0.15) is 9.98 Å². The number of nitrogens with two attached hydrogens (primary N) is 2. The molecule has 158 valence electrons. The number of aromatic nitrogens is 2. The number of para-hydroxylation sites is 1. The van der Waals surface area contributed by atoms with Crippen LogP contribution >= 0.6 is 0 Å². The second kappa shape index (κ2) is 9.49. The predicted molar refractivity (Wildman–Crippen MR) is 120 cm³/mol. The first-order valence-electron chi connectivity index (χ1n) is 9.48. The number of carbonyl (C=O) groups is 1. The van der Waals surface area contributed by atoms with E-state index >= 15 is 0 Å². The van der Waals surface area contributed by atoms with Gasteiger partial charge >= 0.3 is 5.97 Å². The second-order valence-electron chi connectivity index (χ2n) is 6.40. The Kier molecular flexibility index (Phi) is 6.56. The molecular weight excluding hydrogens is 396 g/mol. The van der Waals surface area contributed by atoms with Crippen LogP contribution < -0.4 is 11.5 Å². The monoisotopic (exact) mass is 418 g/mol. The van der Waals surface area contributed by atoms with Crippen LogP contribution in [0.3, 0.4) is 0 Å². The van der Waals surface area contributed by atoms with E-state index in [9.17, 15) is 9.90 Å². The maximum Gasteiger partial charge on any atom is 0.345 e. The number of aryl methyl sites for hydroxylation is 1. The average Bonchev–Trinajstić information content (AvgIpc) is 2.74. The molecule has 2 aromatic carbocycles. The largest absolute Gasteiger partial charge is 0.506 e. The number of amidine groups is 1. The average molecular weight is 418 g/mol. The maximum atomic E-state index is 12.4. The van der Waals surface area contributed by atoms with Gasteiger partial charge in [-0.1, -0.05) is 48.5 Å². The lowest BCUT2D eigenvalue weighted by atomic mass is 10.1. The number of fused-ring (bicyclic) bond motifs is 1. The van der Waals surface area contributed by atoms with E-state index in [1.54, 1.807) is 37.3 Å². The summed E-state index contributed by atoms with van der Waals surface area (Å²) in [5.41, 5.74) is 13.4. The van der Waals surface area contributed by atoms with Gasteiger partial charge in [0.15, 0.2) is 0 Å². The third-order valence-electron chi connectivity index (χ3n) is 4.25. The molecule has 0 radical (unpaired) electrons. The molecule has 0 bridgehead atoms. The molecule has 9 nitrogen and oxygen atoms in total. The van der Waals surface area contributed by atoms with E-state index in [1.165, 1.54) is 0 Å². The quantitative estimate of drug-likeness (QED) is 0.190. The van der Waals surface area contributed by atoms with E-state index in [0.717, 1.165) is 11.1 Å². The Morgan fingerprint density at radius 2 is 1.74 bits per heavy atom. The van der Waals surface area contributed by atoms with Crippen molar-refractivity contribution in [3.05, 3.63) is 71.4 Å². The summed E-state index contributed by atoms with van der Waals surface area (Å²) in [6.07, 6.45) is 0. The van der Waals surface area contributed by atoms with Crippen LogP contribution in [0.15, 0.2) is 70.2 Å². The van der Waals surface area contributed by atoms with Crippen LogP contribution in [0.5, 0.6) is 0 Å². The summed E-state index contributed by atoms with van der Waals surface area (Å²) in [6, 6.07) is 15.9. The summed E-state index contributed by atoms with van der Waals surface area (Å²) >= 11 is 0. The van der Waals surface area contributed by atoms with Crippen molar-refractivity contribution in [1.82, 2.24) is 9.97 Å². The van der Waals surface area contributed by atoms with Crippen LogP contribution in [0.25, 0.3) is 16.7 Å². The van der Waals surface area contributed by atoms with Crippen LogP contribution in [0.1, 0.15) is 18.2 Å². The number of rotatable bonds is 5. The molecule has 3 aromatic rings. The Morgan fingerprint density at radius 3 is 2.45 bits per heavy atom. The van der Waals surface area contributed by atoms with Crippen molar-refractivity contribution in [1.29, 1.82) is 0 Å². The topological polar surface area (TPSA) is 149 Å². The standard InChI is InChI=1S/C22H22N6O3/c1-3-31-20(30)17(18(29)14-9-5-4-6-10-14)19(23)27-21(24)28-22-25-13(2)15-11-7-8-12-16(15)26-22/h4-12,29H,3H2,1-2H3,(H4,23,24,25,26,27,28). The molecule has 0 aliphatic rings. The summed E-state index contributed by atoms with van der Waals surface area (Å²) in [4.78, 5) is 29.1. The number of aliphatic hydroxyl groups excluding tert-OH is 1. The predicted octanol–water partition coefficient (Wildman–Crippen LogP) is 2.77. The third kappa shape index (κ3) is 5.02. The number of hydrogen-bond acceptors (Lipinski definition) is 6. The van der Waals surface area contributed by atoms with Gasteiger partial charge in [0.2, 0.25) is 5.96 Å². The molecule has 0 amide bonds. The molecule has 0 unspecified atom stereocenters. The van der Waals surface area contributed by atoms with Gasteiger partial charge in [-0.15, -0.1) is 0 Å². The molecule has 0 spiro atoms. The van der Waals surface area contributed by atoms with E-state index < -0.39 is 5.97 Å². The Bertz CT molecular complexity index is 1200. The van der Waals surface area contributed by atoms with Crippen molar-refractivity contribution in [2.75, 3.05) is 6.61 Å².